The number of benzene rings is 2. The van der Waals surface area contributed by atoms with E-state index in [4.69, 9.17) is 32.7 Å². The fourth-order valence-electron chi connectivity index (χ4n) is 5.43. The second kappa shape index (κ2) is 11.1. The van der Waals surface area contributed by atoms with Crippen molar-refractivity contribution in [1.29, 1.82) is 0 Å². The molecule has 0 radical (unpaired) electrons. The largest absolute Gasteiger partial charge is 0.498 e. The summed E-state index contributed by atoms with van der Waals surface area (Å²) in [5.41, 5.74) is -0.161. The number of hydrogen-bond acceptors (Lipinski definition) is 5. The van der Waals surface area contributed by atoms with E-state index < -0.39 is 23.0 Å². The van der Waals surface area contributed by atoms with Crippen LogP contribution < -0.4 is 14.6 Å². The van der Waals surface area contributed by atoms with Crippen molar-refractivity contribution in [2.24, 2.45) is 5.41 Å². The zero-order valence-corrected chi connectivity index (χ0v) is 23.5. The molecule has 1 N–H and O–H groups in total. The Bertz CT molecular complexity index is 1120. The molecule has 3 atom stereocenters. The summed E-state index contributed by atoms with van der Waals surface area (Å²) in [5, 5.41) is 23.6. The molecule has 1 heterocycles. The highest BCUT2D eigenvalue weighted by atomic mass is 35.5. The molecular weight excluding hydrogens is 517 g/mol. The van der Waals surface area contributed by atoms with Crippen molar-refractivity contribution in [3.8, 4) is 11.5 Å². The normalized spacial score (nSPS) is 23.9. The fourth-order valence-corrected chi connectivity index (χ4v) is 6.14. The predicted octanol–water partition coefficient (Wildman–Crippen LogP) is 5.69. The molecule has 7 nitrogen and oxygen atoms in total. The van der Waals surface area contributed by atoms with Crippen LogP contribution >= 0.6 is 23.2 Å². The summed E-state index contributed by atoms with van der Waals surface area (Å²) in [6.07, 6.45) is -0.516. The van der Waals surface area contributed by atoms with Crippen molar-refractivity contribution in [2.75, 3.05) is 26.3 Å². The Labute approximate surface area is 228 Å². The van der Waals surface area contributed by atoms with Gasteiger partial charge in [-0.05, 0) is 69.5 Å². The number of nitrogens with zero attached hydrogens (tertiary/aromatic N) is 1. The Morgan fingerprint density at radius 1 is 1.11 bits per heavy atom. The Balaban J connectivity index is 1.73. The number of carbonyl (C=O) groups excluding carboxylic acids is 1. The molecule has 3 rings (SSSR count). The first kappa shape index (κ1) is 29.1. The van der Waals surface area contributed by atoms with Crippen molar-refractivity contribution < 1.29 is 33.8 Å². The molecule has 9 heteroatoms. The number of hydrogen-bond donors (Lipinski definition) is 1. The maximum absolute atomic E-state index is 12.7. The second-order valence-electron chi connectivity index (χ2n) is 10.8. The minimum absolute atomic E-state index is 0.0327. The summed E-state index contributed by atoms with van der Waals surface area (Å²) in [5.74, 6) is -0.308. The van der Waals surface area contributed by atoms with Crippen LogP contribution in [0, 0.1) is 12.3 Å². The molecule has 1 aliphatic heterocycles. The van der Waals surface area contributed by atoms with Crippen LogP contribution in [0.1, 0.15) is 57.6 Å². The average Bonchev–Trinajstić information content (AvgIpc) is 2.82. The predicted molar refractivity (Wildman–Crippen MR) is 141 cm³/mol. The molecule has 2 aromatic rings. The minimum atomic E-state index is -1.24. The molecule has 1 aliphatic rings. The van der Waals surface area contributed by atoms with E-state index in [0.717, 1.165) is 11.1 Å². The number of quaternary nitrogens is 1. The van der Waals surface area contributed by atoms with Crippen molar-refractivity contribution in [3.63, 3.8) is 0 Å². The highest BCUT2D eigenvalue weighted by molar-refractivity contribution is 6.37. The van der Waals surface area contributed by atoms with Crippen LogP contribution in [0.25, 0.3) is 0 Å². The number of amides is 1. The number of ether oxygens (including phenoxy) is 2. The molecule has 0 spiro atoms. The first-order valence-electron chi connectivity index (χ1n) is 12.4. The number of likely N-dealkylation sites (tertiary alicyclic amines) is 1. The van der Waals surface area contributed by atoms with E-state index in [1.54, 1.807) is 24.3 Å². The van der Waals surface area contributed by atoms with Gasteiger partial charge in [-0.1, -0.05) is 42.3 Å². The van der Waals surface area contributed by atoms with Gasteiger partial charge in [0.05, 0.1) is 22.1 Å². The topological polar surface area (TPSA) is 95.9 Å². The zero-order chi connectivity index (χ0) is 27.6. The van der Waals surface area contributed by atoms with E-state index >= 15 is 0 Å². The lowest BCUT2D eigenvalue weighted by atomic mass is 9.64. The van der Waals surface area contributed by atoms with E-state index in [0.29, 0.717) is 40.9 Å². The van der Waals surface area contributed by atoms with Crippen LogP contribution in [-0.4, -0.2) is 53.5 Å². The lowest BCUT2D eigenvalue weighted by Gasteiger charge is -2.56. The third-order valence-electron chi connectivity index (χ3n) is 7.73. The van der Waals surface area contributed by atoms with Crippen molar-refractivity contribution >= 4 is 35.3 Å². The quantitative estimate of drug-likeness (QED) is 0.334. The number of aliphatic carboxylic acids is 1. The van der Waals surface area contributed by atoms with Gasteiger partial charge in [-0.25, -0.2) is 0 Å². The van der Waals surface area contributed by atoms with Crippen LogP contribution in [0.2, 0.25) is 10.0 Å². The molecule has 1 saturated heterocycles. The maximum atomic E-state index is 12.7. The third kappa shape index (κ3) is 5.69. The highest BCUT2D eigenvalue weighted by Gasteiger charge is 2.59. The molecule has 2 aromatic carbocycles. The van der Waals surface area contributed by atoms with E-state index in [-0.39, 0.29) is 30.2 Å². The van der Waals surface area contributed by atoms with E-state index in [1.807, 2.05) is 46.8 Å². The van der Waals surface area contributed by atoms with Crippen molar-refractivity contribution in [2.45, 2.75) is 58.9 Å². The first-order valence-corrected chi connectivity index (χ1v) is 13.2. The summed E-state index contributed by atoms with van der Waals surface area (Å²) >= 11 is 12.4. The maximum Gasteiger partial charge on any atom is 0.316 e. The summed E-state index contributed by atoms with van der Waals surface area (Å²) in [7, 11) is 0. The molecule has 0 saturated carbocycles. The third-order valence-corrected chi connectivity index (χ3v) is 8.29. The molecule has 1 fully saturated rings. The molecule has 0 aliphatic carbocycles. The standard InChI is InChI=1S/C28H35Cl2NO6/c1-6-28(25(32)33)17-31(26(34)35,27(3,4)5)12-11-21(28)19-7-9-20(10-8-19)36-13-14-37-24-22(29)15-18(2)16-23(24)30/h7-10,15-16,21H,6,11-14,17H2,1-5H3,(H-,32,33,34,35)/t21-,28-,31?/m0/s1. The number of aryl methyl sites for hydroxylation is 1. The van der Waals surface area contributed by atoms with Crippen LogP contribution in [0.15, 0.2) is 36.4 Å². The van der Waals surface area contributed by atoms with E-state index in [2.05, 4.69) is 0 Å². The lowest BCUT2D eigenvalue weighted by molar-refractivity contribution is -0.929. The van der Waals surface area contributed by atoms with Gasteiger partial charge in [0.25, 0.3) is 6.09 Å². The van der Waals surface area contributed by atoms with Crippen molar-refractivity contribution in [3.05, 3.63) is 57.6 Å². The van der Waals surface area contributed by atoms with E-state index in [1.165, 1.54) is 0 Å². The Hall–Kier alpha value is -2.48. The van der Waals surface area contributed by atoms with Gasteiger partial charge in [0.2, 0.25) is 0 Å². The molecule has 37 heavy (non-hydrogen) atoms. The number of carboxylic acid groups (broad SMARTS) is 2. The van der Waals surface area contributed by atoms with Crippen LogP contribution in [-0.2, 0) is 4.79 Å². The van der Waals surface area contributed by atoms with Gasteiger partial charge in [0.15, 0.2) is 5.75 Å². The molecule has 0 bridgehead atoms. The molecule has 0 aromatic heterocycles. The van der Waals surface area contributed by atoms with Crippen LogP contribution in [0.3, 0.4) is 0 Å². The number of halogens is 2. The molecule has 202 valence electrons. The highest BCUT2D eigenvalue weighted by Crippen LogP contribution is 2.50. The SMILES string of the molecule is CC[C@]1(C(=O)O)C[N+](C(=O)[O-])(C(C)(C)C)CC[C@H]1c1ccc(OCCOc2c(Cl)cc(C)cc2Cl)cc1. The first-order chi connectivity index (χ1) is 17.3. The van der Waals surface area contributed by atoms with Crippen molar-refractivity contribution in [1.82, 2.24) is 0 Å². The second-order valence-corrected chi connectivity index (χ2v) is 11.6. The minimum Gasteiger partial charge on any atom is -0.498 e. The smallest absolute Gasteiger partial charge is 0.316 e. The fraction of sp³-hybridized carbons (Fsp3) is 0.500. The lowest BCUT2D eigenvalue weighted by Crippen LogP contribution is -2.74. The van der Waals surface area contributed by atoms with E-state index in [9.17, 15) is 19.8 Å². The Kier molecular flexibility index (Phi) is 8.72. The van der Waals surface area contributed by atoms with Gasteiger partial charge in [0.1, 0.15) is 30.9 Å². The number of carbonyl (C=O) groups is 2. The summed E-state index contributed by atoms with van der Waals surface area (Å²) in [6, 6.07) is 10.9. The summed E-state index contributed by atoms with van der Waals surface area (Å²) < 4.78 is 11.1. The molecule has 1 amide bonds. The monoisotopic (exact) mass is 551 g/mol. The summed E-state index contributed by atoms with van der Waals surface area (Å²) in [6.45, 7) is 9.93. The summed E-state index contributed by atoms with van der Waals surface area (Å²) in [4.78, 5) is 25.0. The van der Waals surface area contributed by atoms with Crippen LogP contribution in [0.4, 0.5) is 4.79 Å². The van der Waals surface area contributed by atoms with Gasteiger partial charge in [0, 0.05) is 12.3 Å². The Morgan fingerprint density at radius 3 is 2.16 bits per heavy atom. The zero-order valence-electron chi connectivity index (χ0n) is 22.0. The molecular formula is C28H35Cl2NO6. The van der Waals surface area contributed by atoms with Gasteiger partial charge in [-0.2, -0.15) is 0 Å². The van der Waals surface area contributed by atoms with Gasteiger partial charge in [-0.3, -0.25) is 9.28 Å². The van der Waals surface area contributed by atoms with Crippen LogP contribution in [0.5, 0.6) is 11.5 Å². The molecule has 1 unspecified atom stereocenters. The number of carboxylic acids is 1. The number of rotatable bonds is 8. The van der Waals surface area contributed by atoms with Gasteiger partial charge in [-0.15, -0.1) is 0 Å². The number of piperidine rings is 1. The van der Waals surface area contributed by atoms with Gasteiger partial charge >= 0.3 is 5.97 Å². The van der Waals surface area contributed by atoms with Gasteiger partial charge < -0.3 is 24.5 Å². The Morgan fingerprint density at radius 2 is 1.68 bits per heavy atom. The average molecular weight is 552 g/mol.